The Balaban J connectivity index is 1.46. The maximum absolute atomic E-state index is 15.2. The van der Waals surface area contributed by atoms with Gasteiger partial charge in [-0.2, -0.15) is 23.3 Å². The van der Waals surface area contributed by atoms with Gasteiger partial charge < -0.3 is 4.57 Å². The van der Waals surface area contributed by atoms with Crippen LogP contribution in [-0.4, -0.2) is 40.0 Å². The molecule has 3 aromatic heterocycles. The van der Waals surface area contributed by atoms with E-state index >= 15 is 4.39 Å². The molecule has 5 rings (SSSR count). The fraction of sp³-hybridized carbons (Fsp3) is 0.375. The standard InChI is InChI=1S/C24H23ClF4N8O/c1-4-34-12-18(24(27,28)29)31-22(34)15-6-5-14(9-17(15)26)11-35-19(38)7-8-36-23(35)32-21(33-36)20-16(25)10-30-37(20)13(2)3/h5-6,9-10,12-13H,4,7-8,11H2,1-3H3. The van der Waals surface area contributed by atoms with Crippen molar-refractivity contribution in [2.24, 2.45) is 0 Å². The lowest BCUT2D eigenvalue weighted by molar-refractivity contribution is -0.140. The van der Waals surface area contributed by atoms with Crippen molar-refractivity contribution in [2.45, 2.75) is 59.0 Å². The number of aromatic nitrogens is 7. The smallest absolute Gasteiger partial charge is 0.331 e. The van der Waals surface area contributed by atoms with Crippen LogP contribution in [0.15, 0.2) is 30.6 Å². The Bertz CT molecular complexity index is 1520. The summed E-state index contributed by atoms with van der Waals surface area (Å²) in [5.41, 5.74) is -0.214. The first-order chi connectivity index (χ1) is 18.0. The number of nitrogens with zero attached hydrogens (tertiary/aromatic N) is 8. The van der Waals surface area contributed by atoms with Crippen molar-refractivity contribution in [3.63, 3.8) is 0 Å². The number of hydrogen-bond donors (Lipinski definition) is 0. The lowest BCUT2D eigenvalue weighted by Gasteiger charge is -2.26. The fourth-order valence-corrected chi connectivity index (χ4v) is 4.58. The van der Waals surface area contributed by atoms with E-state index in [0.29, 0.717) is 28.6 Å². The minimum Gasteiger partial charge on any atom is -0.331 e. The van der Waals surface area contributed by atoms with Gasteiger partial charge in [0, 0.05) is 25.2 Å². The van der Waals surface area contributed by atoms with Gasteiger partial charge in [-0.25, -0.2) is 14.1 Å². The zero-order valence-corrected chi connectivity index (χ0v) is 21.4. The Morgan fingerprint density at radius 1 is 1.18 bits per heavy atom. The second-order valence-electron chi connectivity index (χ2n) is 9.12. The molecule has 0 saturated heterocycles. The molecule has 0 aliphatic carbocycles. The average molecular weight is 551 g/mol. The summed E-state index contributed by atoms with van der Waals surface area (Å²) in [6.45, 7) is 6.01. The number of carbonyl (C=O) groups excluding carboxylic acids is 1. The van der Waals surface area contributed by atoms with Gasteiger partial charge in [-0.3, -0.25) is 14.4 Å². The second-order valence-corrected chi connectivity index (χ2v) is 9.52. The predicted molar refractivity (Wildman–Crippen MR) is 131 cm³/mol. The maximum Gasteiger partial charge on any atom is 0.434 e. The highest BCUT2D eigenvalue weighted by atomic mass is 35.5. The quantitative estimate of drug-likeness (QED) is 0.302. The van der Waals surface area contributed by atoms with Crippen molar-refractivity contribution >= 4 is 23.5 Å². The van der Waals surface area contributed by atoms with Gasteiger partial charge in [0.15, 0.2) is 5.69 Å². The van der Waals surface area contributed by atoms with Crippen molar-refractivity contribution < 1.29 is 22.4 Å². The molecule has 1 aromatic carbocycles. The molecule has 0 N–H and O–H groups in total. The molecule has 0 saturated carbocycles. The number of fused-ring (bicyclic) bond motifs is 1. The minimum atomic E-state index is -4.65. The summed E-state index contributed by atoms with van der Waals surface area (Å²) >= 11 is 6.35. The van der Waals surface area contributed by atoms with Gasteiger partial charge >= 0.3 is 6.18 Å². The Morgan fingerprint density at radius 2 is 1.95 bits per heavy atom. The van der Waals surface area contributed by atoms with Gasteiger partial charge in [0.1, 0.15) is 17.3 Å². The molecule has 0 atom stereocenters. The van der Waals surface area contributed by atoms with Crippen LogP contribution < -0.4 is 4.90 Å². The van der Waals surface area contributed by atoms with E-state index in [1.165, 1.54) is 27.8 Å². The van der Waals surface area contributed by atoms with Gasteiger partial charge in [0.2, 0.25) is 17.7 Å². The zero-order chi connectivity index (χ0) is 27.4. The summed E-state index contributed by atoms with van der Waals surface area (Å²) in [5, 5.41) is 9.17. The highest BCUT2D eigenvalue weighted by Crippen LogP contribution is 2.34. The van der Waals surface area contributed by atoms with E-state index in [4.69, 9.17) is 11.6 Å². The topological polar surface area (TPSA) is 86.7 Å². The van der Waals surface area contributed by atoms with Gasteiger partial charge in [0.05, 0.1) is 29.9 Å². The van der Waals surface area contributed by atoms with E-state index < -0.39 is 17.7 Å². The number of carbonyl (C=O) groups is 1. The monoisotopic (exact) mass is 550 g/mol. The number of aryl methyl sites for hydroxylation is 2. The van der Waals surface area contributed by atoms with E-state index in [-0.39, 0.29) is 48.8 Å². The highest BCUT2D eigenvalue weighted by Gasteiger charge is 2.35. The Hall–Kier alpha value is -3.74. The summed E-state index contributed by atoms with van der Waals surface area (Å²) in [4.78, 5) is 22.4. The molecule has 38 heavy (non-hydrogen) atoms. The molecule has 0 spiro atoms. The molecule has 0 unspecified atom stereocenters. The third kappa shape index (κ3) is 4.55. The van der Waals surface area contributed by atoms with Crippen molar-refractivity contribution in [3.05, 3.63) is 52.7 Å². The van der Waals surface area contributed by atoms with Crippen LogP contribution in [0.2, 0.25) is 5.02 Å². The number of alkyl halides is 3. The number of hydrogen-bond acceptors (Lipinski definition) is 5. The van der Waals surface area contributed by atoms with Gasteiger partial charge in [0.25, 0.3) is 0 Å². The van der Waals surface area contributed by atoms with Crippen molar-refractivity contribution in [2.75, 3.05) is 4.90 Å². The van der Waals surface area contributed by atoms with Crippen LogP contribution in [0.3, 0.4) is 0 Å². The van der Waals surface area contributed by atoms with Crippen LogP contribution in [0.25, 0.3) is 22.9 Å². The predicted octanol–water partition coefficient (Wildman–Crippen LogP) is 5.35. The Kier molecular flexibility index (Phi) is 6.49. The van der Waals surface area contributed by atoms with Crippen LogP contribution in [0, 0.1) is 5.82 Å². The molecule has 4 aromatic rings. The van der Waals surface area contributed by atoms with Gasteiger partial charge in [-0.1, -0.05) is 17.7 Å². The first kappa shape index (κ1) is 25.9. The summed E-state index contributed by atoms with van der Waals surface area (Å²) in [7, 11) is 0. The molecule has 1 amide bonds. The molecular formula is C24H23ClF4N8O. The largest absolute Gasteiger partial charge is 0.434 e. The van der Waals surface area contributed by atoms with Crippen LogP contribution >= 0.6 is 11.6 Å². The third-order valence-corrected chi connectivity index (χ3v) is 6.48. The number of amides is 1. The first-order valence-electron chi connectivity index (χ1n) is 11.9. The summed E-state index contributed by atoms with van der Waals surface area (Å²) < 4.78 is 59.2. The van der Waals surface area contributed by atoms with E-state index in [1.54, 1.807) is 22.4 Å². The molecule has 1 aliphatic heterocycles. The van der Waals surface area contributed by atoms with Crippen molar-refractivity contribution in [3.8, 4) is 22.9 Å². The fourth-order valence-electron chi connectivity index (χ4n) is 4.36. The van der Waals surface area contributed by atoms with E-state index in [2.05, 4.69) is 20.2 Å². The molecule has 14 heteroatoms. The van der Waals surface area contributed by atoms with Gasteiger partial charge in [-0.15, -0.1) is 5.10 Å². The molecule has 1 aliphatic rings. The van der Waals surface area contributed by atoms with Crippen LogP contribution in [0.5, 0.6) is 0 Å². The van der Waals surface area contributed by atoms with Crippen molar-refractivity contribution in [1.29, 1.82) is 0 Å². The van der Waals surface area contributed by atoms with Gasteiger partial charge in [-0.05, 0) is 38.5 Å². The van der Waals surface area contributed by atoms with E-state index in [9.17, 15) is 18.0 Å². The lowest BCUT2D eigenvalue weighted by Crippen LogP contribution is -2.37. The molecule has 0 fully saturated rings. The van der Waals surface area contributed by atoms with Crippen LogP contribution in [0.1, 0.15) is 44.5 Å². The number of rotatable bonds is 6. The van der Waals surface area contributed by atoms with E-state index in [1.807, 2.05) is 13.8 Å². The maximum atomic E-state index is 15.2. The lowest BCUT2D eigenvalue weighted by atomic mass is 10.1. The number of halogens is 5. The Labute approximate surface area is 219 Å². The normalized spacial score (nSPS) is 14.0. The molecule has 0 radical (unpaired) electrons. The Morgan fingerprint density at radius 3 is 2.61 bits per heavy atom. The first-order valence-corrected chi connectivity index (χ1v) is 12.3. The molecule has 0 bridgehead atoms. The SMILES string of the molecule is CCn1cc(C(F)(F)F)nc1-c1ccc(CN2C(=O)CCn3nc(-c4c(Cl)cnn4C(C)C)nc32)cc1F. The molecule has 4 heterocycles. The number of benzene rings is 1. The minimum absolute atomic E-state index is 0.00670. The summed E-state index contributed by atoms with van der Waals surface area (Å²) in [5.74, 6) is -0.508. The highest BCUT2D eigenvalue weighted by molar-refractivity contribution is 6.32. The average Bonchev–Trinajstić information content (AvgIpc) is 3.57. The third-order valence-electron chi connectivity index (χ3n) is 6.21. The molecular weight excluding hydrogens is 528 g/mol. The number of imidazole rings is 1. The zero-order valence-electron chi connectivity index (χ0n) is 20.7. The number of anilines is 1. The summed E-state index contributed by atoms with van der Waals surface area (Å²) in [6.07, 6.45) is -2.11. The summed E-state index contributed by atoms with van der Waals surface area (Å²) in [6, 6.07) is 4.10. The van der Waals surface area contributed by atoms with Crippen molar-refractivity contribution in [1.82, 2.24) is 34.1 Å². The second kappa shape index (κ2) is 9.53. The molecule has 200 valence electrons. The van der Waals surface area contributed by atoms with Crippen LogP contribution in [-0.2, 0) is 30.6 Å². The van der Waals surface area contributed by atoms with Crippen LogP contribution in [0.4, 0.5) is 23.5 Å². The van der Waals surface area contributed by atoms with E-state index in [0.717, 1.165) is 6.20 Å². The molecule has 9 nitrogen and oxygen atoms in total.